The molecule has 1 spiro atoms. The lowest BCUT2D eigenvalue weighted by Gasteiger charge is -2.61. The van der Waals surface area contributed by atoms with Crippen LogP contribution in [0.1, 0.15) is 84.5 Å². The molecule has 5 aliphatic carbocycles. The number of hydrogen-bond donors (Lipinski definition) is 0. The van der Waals surface area contributed by atoms with Gasteiger partial charge >= 0.3 is 5.97 Å². The molecule has 5 rings (SSSR count). The van der Waals surface area contributed by atoms with E-state index >= 15 is 0 Å². The topological polar surface area (TPSA) is 26.3 Å². The first kappa shape index (κ1) is 17.3. The highest BCUT2D eigenvalue weighted by Crippen LogP contribution is 2.69. The molecule has 144 valence electrons. The van der Waals surface area contributed by atoms with Gasteiger partial charge in [-0.2, -0.15) is 0 Å². The van der Waals surface area contributed by atoms with Crippen LogP contribution in [0.15, 0.2) is 12.2 Å². The van der Waals surface area contributed by atoms with Gasteiger partial charge in [-0.05, 0) is 111 Å². The molecule has 0 aliphatic heterocycles. The van der Waals surface area contributed by atoms with Gasteiger partial charge < -0.3 is 4.74 Å². The Morgan fingerprint density at radius 1 is 0.962 bits per heavy atom. The van der Waals surface area contributed by atoms with Crippen LogP contribution < -0.4 is 0 Å². The second kappa shape index (κ2) is 6.11. The summed E-state index contributed by atoms with van der Waals surface area (Å²) in [6, 6.07) is 0. The SMILES string of the molecule is CC(=O)O[C@@H]1CC[C@@]2(C)[C@H](CC[C@@H]3[C@@H]2CC[C@@]24C=CCC[C@H]2CC[C@@H]34)C1. The highest BCUT2D eigenvalue weighted by atomic mass is 16.5. The zero-order valence-electron chi connectivity index (χ0n) is 16.7. The highest BCUT2D eigenvalue weighted by molar-refractivity contribution is 5.66. The monoisotopic (exact) mass is 356 g/mol. The number of allylic oxidation sites excluding steroid dienone is 2. The summed E-state index contributed by atoms with van der Waals surface area (Å²) in [4.78, 5) is 11.4. The van der Waals surface area contributed by atoms with Crippen molar-refractivity contribution in [3.05, 3.63) is 12.2 Å². The molecule has 0 aromatic rings. The maximum Gasteiger partial charge on any atom is 0.302 e. The van der Waals surface area contributed by atoms with E-state index in [0.29, 0.717) is 10.8 Å². The van der Waals surface area contributed by atoms with Crippen LogP contribution in [-0.4, -0.2) is 12.1 Å². The van der Waals surface area contributed by atoms with Gasteiger partial charge in [0.15, 0.2) is 0 Å². The fourth-order valence-electron chi connectivity index (χ4n) is 8.75. The summed E-state index contributed by atoms with van der Waals surface area (Å²) >= 11 is 0. The largest absolute Gasteiger partial charge is 0.463 e. The first-order valence-corrected chi connectivity index (χ1v) is 11.4. The van der Waals surface area contributed by atoms with E-state index in [1.165, 1.54) is 57.8 Å². The number of esters is 1. The molecule has 0 N–H and O–H groups in total. The third-order valence-corrected chi connectivity index (χ3v) is 9.82. The zero-order valence-corrected chi connectivity index (χ0v) is 16.7. The number of hydrogen-bond acceptors (Lipinski definition) is 2. The number of carbonyl (C=O) groups excluding carboxylic acids is 1. The van der Waals surface area contributed by atoms with Gasteiger partial charge in [0.05, 0.1) is 0 Å². The molecule has 0 bridgehead atoms. The minimum absolute atomic E-state index is 0.0898. The fraction of sp³-hybridized carbons (Fsp3) is 0.875. The summed E-state index contributed by atoms with van der Waals surface area (Å²) in [6.07, 6.45) is 20.4. The van der Waals surface area contributed by atoms with Gasteiger partial charge in [0.25, 0.3) is 0 Å². The van der Waals surface area contributed by atoms with Crippen molar-refractivity contribution in [2.24, 2.45) is 40.4 Å². The van der Waals surface area contributed by atoms with Crippen LogP contribution in [0.4, 0.5) is 0 Å². The quantitative estimate of drug-likeness (QED) is 0.431. The Hall–Kier alpha value is -0.790. The van der Waals surface area contributed by atoms with Gasteiger partial charge in [0.1, 0.15) is 6.10 Å². The van der Waals surface area contributed by atoms with E-state index in [4.69, 9.17) is 4.74 Å². The normalized spacial score (nSPS) is 52.4. The number of carbonyl (C=O) groups is 1. The molecule has 0 saturated heterocycles. The fourth-order valence-corrected chi connectivity index (χ4v) is 8.75. The second-order valence-corrected chi connectivity index (χ2v) is 10.6. The molecule has 0 amide bonds. The molecule has 26 heavy (non-hydrogen) atoms. The minimum atomic E-state index is -0.0898. The Labute approximate surface area is 159 Å². The van der Waals surface area contributed by atoms with E-state index < -0.39 is 0 Å². The van der Waals surface area contributed by atoms with E-state index in [-0.39, 0.29) is 12.1 Å². The predicted octanol–water partition coefficient (Wildman–Crippen LogP) is 5.91. The Bertz CT molecular complexity index is 609. The standard InChI is InChI=1S/C24H36O2/c1-16(25)26-19-10-13-23(2)18(15-19)6-8-20-21(23)11-14-24-12-4-3-5-17(24)7-9-22(20)24/h4,12,17-22H,3,5-11,13-15H2,1-2H3/t17-,18+,19+,20+,21-,22-,23-,24-/m0/s1. The van der Waals surface area contributed by atoms with Crippen molar-refractivity contribution >= 4 is 5.97 Å². The van der Waals surface area contributed by atoms with Crippen LogP contribution >= 0.6 is 0 Å². The van der Waals surface area contributed by atoms with Crippen molar-refractivity contribution in [1.29, 1.82) is 0 Å². The lowest BCUT2D eigenvalue weighted by molar-refractivity contribution is -0.159. The van der Waals surface area contributed by atoms with Crippen LogP contribution in [0, 0.1) is 40.4 Å². The van der Waals surface area contributed by atoms with E-state index in [0.717, 1.165) is 42.4 Å². The predicted molar refractivity (Wildman–Crippen MR) is 103 cm³/mol. The first-order chi connectivity index (χ1) is 12.5. The number of rotatable bonds is 1. The number of fused-ring (bicyclic) bond motifs is 4. The van der Waals surface area contributed by atoms with Gasteiger partial charge in [-0.1, -0.05) is 19.1 Å². The summed E-state index contributed by atoms with van der Waals surface area (Å²) in [5.74, 6) is 4.52. The average Bonchev–Trinajstić information content (AvgIpc) is 3.01. The zero-order chi connectivity index (χ0) is 17.9. The Morgan fingerprint density at radius 3 is 2.65 bits per heavy atom. The molecule has 5 aliphatic rings. The molecule has 0 aromatic heterocycles. The van der Waals surface area contributed by atoms with Crippen molar-refractivity contribution in [1.82, 2.24) is 0 Å². The Kier molecular flexibility index (Phi) is 4.07. The van der Waals surface area contributed by atoms with E-state index in [2.05, 4.69) is 19.1 Å². The molecule has 4 saturated carbocycles. The molecule has 0 unspecified atom stereocenters. The Morgan fingerprint density at radius 2 is 1.81 bits per heavy atom. The van der Waals surface area contributed by atoms with Crippen LogP contribution in [-0.2, 0) is 9.53 Å². The average molecular weight is 357 g/mol. The molecular weight excluding hydrogens is 320 g/mol. The molecule has 0 aromatic carbocycles. The molecule has 4 fully saturated rings. The first-order valence-electron chi connectivity index (χ1n) is 11.4. The molecule has 0 radical (unpaired) electrons. The third-order valence-electron chi connectivity index (χ3n) is 9.82. The van der Waals surface area contributed by atoms with Crippen LogP contribution in [0.2, 0.25) is 0 Å². The molecule has 0 heterocycles. The van der Waals surface area contributed by atoms with Crippen molar-refractivity contribution in [3.8, 4) is 0 Å². The van der Waals surface area contributed by atoms with Crippen molar-refractivity contribution in [2.75, 3.05) is 0 Å². The number of ether oxygens (including phenoxy) is 1. The summed E-state index contributed by atoms with van der Waals surface area (Å²) in [6.45, 7) is 4.18. The van der Waals surface area contributed by atoms with Crippen molar-refractivity contribution in [3.63, 3.8) is 0 Å². The summed E-state index contributed by atoms with van der Waals surface area (Å²) < 4.78 is 5.61. The smallest absolute Gasteiger partial charge is 0.302 e. The second-order valence-electron chi connectivity index (χ2n) is 10.6. The Balaban J connectivity index is 1.38. The van der Waals surface area contributed by atoms with E-state index in [9.17, 15) is 4.79 Å². The van der Waals surface area contributed by atoms with Gasteiger partial charge in [-0.3, -0.25) is 4.79 Å². The lowest BCUT2D eigenvalue weighted by Crippen LogP contribution is -2.54. The summed E-state index contributed by atoms with van der Waals surface area (Å²) in [5.41, 5.74) is 1.08. The minimum Gasteiger partial charge on any atom is -0.463 e. The maximum absolute atomic E-state index is 11.4. The molecule has 2 heteroatoms. The van der Waals surface area contributed by atoms with Gasteiger partial charge in [-0.15, -0.1) is 0 Å². The van der Waals surface area contributed by atoms with Gasteiger partial charge in [-0.25, -0.2) is 0 Å². The van der Waals surface area contributed by atoms with E-state index in [1.54, 1.807) is 6.92 Å². The molecular formula is C24H36O2. The summed E-state index contributed by atoms with van der Waals surface area (Å²) in [7, 11) is 0. The van der Waals surface area contributed by atoms with E-state index in [1.807, 2.05) is 0 Å². The van der Waals surface area contributed by atoms with Crippen molar-refractivity contribution in [2.45, 2.75) is 90.6 Å². The molecule has 2 nitrogen and oxygen atoms in total. The highest BCUT2D eigenvalue weighted by Gasteiger charge is 2.61. The lowest BCUT2D eigenvalue weighted by atomic mass is 9.44. The third kappa shape index (κ3) is 2.39. The molecule has 8 atom stereocenters. The van der Waals surface area contributed by atoms with Crippen molar-refractivity contribution < 1.29 is 9.53 Å². The van der Waals surface area contributed by atoms with Crippen LogP contribution in [0.25, 0.3) is 0 Å². The van der Waals surface area contributed by atoms with Crippen LogP contribution in [0.3, 0.4) is 0 Å². The maximum atomic E-state index is 11.4. The van der Waals surface area contributed by atoms with Gasteiger partial charge in [0.2, 0.25) is 0 Å². The van der Waals surface area contributed by atoms with Gasteiger partial charge in [0, 0.05) is 6.92 Å². The summed E-state index contributed by atoms with van der Waals surface area (Å²) in [5, 5.41) is 0. The van der Waals surface area contributed by atoms with Crippen LogP contribution in [0.5, 0.6) is 0 Å².